The molecule has 1 aliphatic heterocycles. The van der Waals surface area contributed by atoms with Crippen molar-refractivity contribution in [1.82, 2.24) is 5.32 Å². The molecule has 1 aromatic carbocycles. The third-order valence-corrected chi connectivity index (χ3v) is 3.31. The molecule has 1 unspecified atom stereocenters. The molecule has 6 nitrogen and oxygen atoms in total. The molecule has 0 saturated carbocycles. The number of carbonyl (C=O) groups excluding carboxylic acids is 2. The Hall–Kier alpha value is -2.08. The fraction of sp³-hybridized carbons (Fsp3) is 0.467. The number of anilines is 1. The second-order valence-corrected chi connectivity index (χ2v) is 4.77. The topological polar surface area (TPSA) is 76.7 Å². The van der Waals surface area contributed by atoms with Crippen molar-refractivity contribution in [2.75, 3.05) is 25.6 Å². The molecule has 1 atom stereocenters. The molecule has 0 saturated heterocycles. The summed E-state index contributed by atoms with van der Waals surface area (Å²) in [4.78, 5) is 23.0. The van der Waals surface area contributed by atoms with Gasteiger partial charge in [0.25, 0.3) is 0 Å². The molecule has 6 heteroatoms. The third-order valence-electron chi connectivity index (χ3n) is 3.31. The van der Waals surface area contributed by atoms with Gasteiger partial charge in [0.15, 0.2) is 0 Å². The molecular weight excluding hydrogens is 272 g/mol. The molecule has 0 radical (unpaired) electrons. The van der Waals surface area contributed by atoms with Gasteiger partial charge in [-0.3, -0.25) is 9.59 Å². The normalized spacial score (nSPS) is 14.9. The van der Waals surface area contributed by atoms with Gasteiger partial charge in [0.2, 0.25) is 5.91 Å². The summed E-state index contributed by atoms with van der Waals surface area (Å²) < 4.78 is 10.6. The maximum absolute atomic E-state index is 11.7. The molecule has 0 spiro atoms. The first-order valence-corrected chi connectivity index (χ1v) is 7.03. The number of aryl methyl sites for hydroxylation is 1. The lowest BCUT2D eigenvalue weighted by Crippen LogP contribution is -2.40. The molecule has 2 N–H and O–H groups in total. The van der Waals surface area contributed by atoms with Gasteiger partial charge in [-0.05, 0) is 44.2 Å². The van der Waals surface area contributed by atoms with Gasteiger partial charge in [-0.15, -0.1) is 0 Å². The minimum Gasteiger partial charge on any atom is -0.491 e. The zero-order valence-corrected chi connectivity index (χ0v) is 12.3. The largest absolute Gasteiger partial charge is 0.491 e. The molecule has 0 aromatic heterocycles. The van der Waals surface area contributed by atoms with Crippen LogP contribution in [0.2, 0.25) is 0 Å². The van der Waals surface area contributed by atoms with Crippen LogP contribution in [0.25, 0.3) is 0 Å². The fourth-order valence-corrected chi connectivity index (χ4v) is 2.14. The summed E-state index contributed by atoms with van der Waals surface area (Å²) >= 11 is 0. The van der Waals surface area contributed by atoms with Crippen molar-refractivity contribution in [2.24, 2.45) is 0 Å². The minimum atomic E-state index is -0.499. The highest BCUT2D eigenvalue weighted by Crippen LogP contribution is 2.26. The van der Waals surface area contributed by atoms with E-state index < -0.39 is 6.04 Å². The van der Waals surface area contributed by atoms with Gasteiger partial charge in [-0.25, -0.2) is 0 Å². The van der Waals surface area contributed by atoms with Gasteiger partial charge in [0.1, 0.15) is 18.4 Å². The lowest BCUT2D eigenvalue weighted by atomic mass is 10.0. The highest BCUT2D eigenvalue weighted by Gasteiger charge is 2.19. The Morgan fingerprint density at radius 2 is 2.24 bits per heavy atom. The second kappa shape index (κ2) is 7.08. The molecule has 0 bridgehead atoms. The monoisotopic (exact) mass is 292 g/mol. The number of hydrogen-bond acceptors (Lipinski definition) is 5. The number of esters is 1. The molecule has 0 aliphatic carbocycles. The summed E-state index contributed by atoms with van der Waals surface area (Å²) in [6, 6.07) is 5.00. The SMILES string of the molecule is CCOC(=O)C(COc1ccc2c(c1)CCC(=O)N2)NC. The first kappa shape index (κ1) is 15.3. The molecule has 0 fully saturated rings. The summed E-state index contributed by atoms with van der Waals surface area (Å²) in [5.74, 6) is 0.383. The van der Waals surface area contributed by atoms with E-state index in [1.807, 2.05) is 12.1 Å². The maximum Gasteiger partial charge on any atom is 0.326 e. The number of rotatable bonds is 6. The van der Waals surface area contributed by atoms with Gasteiger partial charge < -0.3 is 20.1 Å². The van der Waals surface area contributed by atoms with Crippen LogP contribution in [0.1, 0.15) is 18.9 Å². The van der Waals surface area contributed by atoms with E-state index in [1.165, 1.54) is 0 Å². The number of benzene rings is 1. The van der Waals surface area contributed by atoms with E-state index in [9.17, 15) is 9.59 Å². The van der Waals surface area contributed by atoms with Crippen LogP contribution in [-0.2, 0) is 20.7 Å². The first-order valence-electron chi connectivity index (χ1n) is 7.03. The van der Waals surface area contributed by atoms with Crippen molar-refractivity contribution in [3.63, 3.8) is 0 Å². The van der Waals surface area contributed by atoms with Gasteiger partial charge in [0, 0.05) is 12.1 Å². The average Bonchev–Trinajstić information content (AvgIpc) is 2.48. The molecule has 1 aliphatic rings. The van der Waals surface area contributed by atoms with Gasteiger partial charge in [-0.1, -0.05) is 0 Å². The van der Waals surface area contributed by atoms with Crippen LogP contribution < -0.4 is 15.4 Å². The Balaban J connectivity index is 1.97. The van der Waals surface area contributed by atoms with E-state index in [2.05, 4.69) is 10.6 Å². The van der Waals surface area contributed by atoms with Crippen LogP contribution in [0.5, 0.6) is 5.75 Å². The first-order chi connectivity index (χ1) is 10.1. The molecule has 114 valence electrons. The number of likely N-dealkylation sites (N-methyl/N-ethyl adjacent to an activating group) is 1. The van der Waals surface area contributed by atoms with Crippen molar-refractivity contribution < 1.29 is 19.1 Å². The molecule has 1 amide bonds. The number of fused-ring (bicyclic) bond motifs is 1. The Labute approximate surface area is 123 Å². The van der Waals surface area contributed by atoms with Crippen LogP contribution in [0.4, 0.5) is 5.69 Å². The maximum atomic E-state index is 11.7. The molecule has 2 rings (SSSR count). The van der Waals surface area contributed by atoms with Crippen molar-refractivity contribution in [3.05, 3.63) is 23.8 Å². The predicted octanol–water partition coefficient (Wildman–Crippen LogP) is 1.10. The van der Waals surface area contributed by atoms with Crippen molar-refractivity contribution in [3.8, 4) is 5.75 Å². The van der Waals surface area contributed by atoms with Gasteiger partial charge >= 0.3 is 5.97 Å². The van der Waals surface area contributed by atoms with E-state index in [4.69, 9.17) is 9.47 Å². The molecule has 1 aromatic rings. The number of ether oxygens (including phenoxy) is 2. The summed E-state index contributed by atoms with van der Waals surface area (Å²) in [7, 11) is 1.69. The summed E-state index contributed by atoms with van der Waals surface area (Å²) in [6.07, 6.45) is 1.18. The molecule has 1 heterocycles. The summed E-state index contributed by atoms with van der Waals surface area (Å²) in [5.41, 5.74) is 1.87. The summed E-state index contributed by atoms with van der Waals surface area (Å²) in [6.45, 7) is 2.30. The Bertz CT molecular complexity index is 530. The average molecular weight is 292 g/mol. The smallest absolute Gasteiger partial charge is 0.326 e. The summed E-state index contributed by atoms with van der Waals surface area (Å²) in [5, 5.41) is 5.69. The Kier molecular flexibility index (Phi) is 5.16. The predicted molar refractivity (Wildman–Crippen MR) is 78.4 cm³/mol. The third kappa shape index (κ3) is 3.95. The van der Waals surface area contributed by atoms with E-state index >= 15 is 0 Å². The van der Waals surface area contributed by atoms with E-state index in [0.717, 1.165) is 11.3 Å². The number of hydrogen-bond donors (Lipinski definition) is 2. The van der Waals surface area contributed by atoms with Gasteiger partial charge in [0.05, 0.1) is 6.61 Å². The quantitative estimate of drug-likeness (QED) is 0.768. The van der Waals surface area contributed by atoms with Crippen LogP contribution in [0.3, 0.4) is 0 Å². The number of nitrogens with one attached hydrogen (secondary N) is 2. The lowest BCUT2D eigenvalue weighted by Gasteiger charge is -2.19. The zero-order valence-electron chi connectivity index (χ0n) is 12.3. The standard InChI is InChI=1S/C15H20N2O4/c1-3-20-15(19)13(16-2)9-21-11-5-6-12-10(8-11)4-7-14(18)17-12/h5-6,8,13,16H,3-4,7,9H2,1-2H3,(H,17,18). The fourth-order valence-electron chi connectivity index (χ4n) is 2.14. The Morgan fingerprint density at radius 3 is 2.95 bits per heavy atom. The molecule has 21 heavy (non-hydrogen) atoms. The minimum absolute atomic E-state index is 0.0359. The van der Waals surface area contributed by atoms with Gasteiger partial charge in [-0.2, -0.15) is 0 Å². The lowest BCUT2D eigenvalue weighted by molar-refractivity contribution is -0.146. The van der Waals surface area contributed by atoms with E-state index in [0.29, 0.717) is 25.2 Å². The van der Waals surface area contributed by atoms with Crippen LogP contribution in [-0.4, -0.2) is 38.2 Å². The number of carbonyl (C=O) groups is 2. The highest BCUT2D eigenvalue weighted by atomic mass is 16.5. The van der Waals surface area contributed by atoms with Crippen molar-refractivity contribution >= 4 is 17.6 Å². The van der Waals surface area contributed by atoms with Crippen molar-refractivity contribution in [2.45, 2.75) is 25.8 Å². The van der Waals surface area contributed by atoms with Crippen LogP contribution in [0, 0.1) is 0 Å². The van der Waals surface area contributed by atoms with E-state index in [1.54, 1.807) is 20.0 Å². The van der Waals surface area contributed by atoms with Crippen molar-refractivity contribution in [1.29, 1.82) is 0 Å². The van der Waals surface area contributed by atoms with Crippen LogP contribution in [0.15, 0.2) is 18.2 Å². The highest BCUT2D eigenvalue weighted by molar-refractivity contribution is 5.94. The van der Waals surface area contributed by atoms with E-state index in [-0.39, 0.29) is 18.5 Å². The zero-order chi connectivity index (χ0) is 15.2. The second-order valence-electron chi connectivity index (χ2n) is 4.77. The number of amides is 1. The molecular formula is C15H20N2O4. The Morgan fingerprint density at radius 1 is 1.43 bits per heavy atom. The van der Waals surface area contributed by atoms with Crippen LogP contribution >= 0.6 is 0 Å².